The van der Waals surface area contributed by atoms with Crippen molar-refractivity contribution in [3.05, 3.63) is 0 Å². The normalized spacial score (nSPS) is 19.8. The second kappa shape index (κ2) is 5.35. The second-order valence-electron chi connectivity index (χ2n) is 4.33. The van der Waals surface area contributed by atoms with Gasteiger partial charge in [-0.25, -0.2) is 0 Å². The minimum atomic E-state index is -0.579. The molecule has 3 unspecified atom stereocenters. The number of amides is 1. The summed E-state index contributed by atoms with van der Waals surface area (Å²) in [5.74, 6) is 0.00106. The zero-order valence-electron chi connectivity index (χ0n) is 10.1. The van der Waals surface area contributed by atoms with Crippen molar-refractivity contribution in [3.63, 3.8) is 0 Å². The maximum absolute atomic E-state index is 11.4. The number of hydrogen-bond acceptors (Lipinski definition) is 2. The van der Waals surface area contributed by atoms with Crippen LogP contribution in [0.1, 0.15) is 47.5 Å². The fourth-order valence-corrected chi connectivity index (χ4v) is 1.48. The Bertz CT molecular complexity index is 194. The summed E-state index contributed by atoms with van der Waals surface area (Å²) >= 11 is 0. The van der Waals surface area contributed by atoms with Crippen LogP contribution in [0.25, 0.3) is 0 Å². The Morgan fingerprint density at radius 3 is 2.14 bits per heavy atom. The van der Waals surface area contributed by atoms with E-state index < -0.39 is 5.54 Å². The number of hydrogen-bond donors (Lipinski definition) is 2. The summed E-state index contributed by atoms with van der Waals surface area (Å²) in [6, 6.07) is 0.321. The van der Waals surface area contributed by atoms with Gasteiger partial charge in [-0.1, -0.05) is 27.2 Å². The highest BCUT2D eigenvalue weighted by atomic mass is 16.1. The van der Waals surface area contributed by atoms with Crippen LogP contribution in [0, 0.1) is 5.92 Å². The second-order valence-corrected chi connectivity index (χ2v) is 4.33. The van der Waals surface area contributed by atoms with Gasteiger partial charge in [-0.2, -0.15) is 0 Å². The topological polar surface area (TPSA) is 55.1 Å². The van der Waals surface area contributed by atoms with Gasteiger partial charge in [0.2, 0.25) is 5.91 Å². The molecule has 0 bridgehead atoms. The fourth-order valence-electron chi connectivity index (χ4n) is 1.48. The van der Waals surface area contributed by atoms with Crippen LogP contribution < -0.4 is 11.1 Å². The molecule has 0 radical (unpaired) electrons. The molecule has 0 aromatic carbocycles. The first-order valence-electron chi connectivity index (χ1n) is 5.46. The van der Waals surface area contributed by atoms with Crippen molar-refractivity contribution in [1.82, 2.24) is 5.32 Å². The Kier molecular flexibility index (Phi) is 5.13. The van der Waals surface area contributed by atoms with Crippen LogP contribution in [0.4, 0.5) is 0 Å². The lowest BCUT2D eigenvalue weighted by atomic mass is 9.83. The smallest absolute Gasteiger partial charge is 0.237 e. The number of nitrogens with two attached hydrogens (primary N) is 1. The molecular weight excluding hydrogens is 176 g/mol. The molecule has 0 spiro atoms. The lowest BCUT2D eigenvalue weighted by molar-refractivity contribution is -0.126. The monoisotopic (exact) mass is 200 g/mol. The third-order valence-corrected chi connectivity index (χ3v) is 3.27. The van der Waals surface area contributed by atoms with E-state index in [1.165, 1.54) is 0 Å². The fraction of sp³-hybridized carbons (Fsp3) is 0.909. The molecule has 0 aromatic rings. The third kappa shape index (κ3) is 2.98. The summed E-state index contributed by atoms with van der Waals surface area (Å²) < 4.78 is 0. The molecule has 0 fully saturated rings. The molecule has 0 aliphatic heterocycles. The zero-order chi connectivity index (χ0) is 11.4. The SMILES string of the molecule is CCC(C)NC(C)(C(N)=O)C(C)CC. The average Bonchev–Trinajstić information content (AvgIpc) is 2.15. The molecule has 0 aliphatic carbocycles. The lowest BCUT2D eigenvalue weighted by Crippen LogP contribution is -2.59. The Morgan fingerprint density at radius 2 is 1.86 bits per heavy atom. The number of primary amides is 1. The highest BCUT2D eigenvalue weighted by Gasteiger charge is 2.36. The van der Waals surface area contributed by atoms with Crippen molar-refractivity contribution in [2.75, 3.05) is 0 Å². The minimum Gasteiger partial charge on any atom is -0.368 e. The summed E-state index contributed by atoms with van der Waals surface area (Å²) in [5, 5.41) is 3.32. The van der Waals surface area contributed by atoms with Crippen molar-refractivity contribution in [1.29, 1.82) is 0 Å². The van der Waals surface area contributed by atoms with Crippen LogP contribution in [-0.2, 0) is 4.79 Å². The number of rotatable bonds is 6. The summed E-state index contributed by atoms with van der Waals surface area (Å²) in [6.07, 6.45) is 1.95. The van der Waals surface area contributed by atoms with Gasteiger partial charge in [-0.3, -0.25) is 4.79 Å². The first kappa shape index (κ1) is 13.4. The summed E-state index contributed by atoms with van der Waals surface area (Å²) in [6.45, 7) is 10.2. The molecule has 84 valence electrons. The molecular formula is C11H24N2O. The maximum atomic E-state index is 11.4. The molecule has 14 heavy (non-hydrogen) atoms. The Labute approximate surface area is 87.4 Å². The van der Waals surface area contributed by atoms with Gasteiger partial charge >= 0.3 is 0 Å². The van der Waals surface area contributed by atoms with E-state index in [1.54, 1.807) is 0 Å². The predicted molar refractivity (Wildman–Crippen MR) is 59.9 cm³/mol. The molecule has 0 saturated heterocycles. The largest absolute Gasteiger partial charge is 0.368 e. The molecule has 3 nitrogen and oxygen atoms in total. The maximum Gasteiger partial charge on any atom is 0.237 e. The van der Waals surface area contributed by atoms with Crippen LogP contribution >= 0.6 is 0 Å². The predicted octanol–water partition coefficient (Wildman–Crippen LogP) is 1.66. The Hall–Kier alpha value is -0.570. The van der Waals surface area contributed by atoms with Gasteiger partial charge in [-0.05, 0) is 26.2 Å². The molecule has 0 saturated carbocycles. The van der Waals surface area contributed by atoms with Crippen molar-refractivity contribution < 1.29 is 4.79 Å². The van der Waals surface area contributed by atoms with E-state index in [2.05, 4.69) is 33.0 Å². The van der Waals surface area contributed by atoms with Gasteiger partial charge in [0.05, 0.1) is 5.54 Å². The van der Waals surface area contributed by atoms with Gasteiger partial charge in [0.1, 0.15) is 0 Å². The first-order valence-corrected chi connectivity index (χ1v) is 5.46. The molecule has 3 heteroatoms. The van der Waals surface area contributed by atoms with Crippen molar-refractivity contribution in [3.8, 4) is 0 Å². The first-order chi connectivity index (χ1) is 6.38. The van der Waals surface area contributed by atoms with Gasteiger partial charge in [0, 0.05) is 6.04 Å². The quantitative estimate of drug-likeness (QED) is 0.685. The molecule has 0 rings (SSSR count). The van der Waals surface area contributed by atoms with Crippen molar-refractivity contribution in [2.45, 2.75) is 59.0 Å². The van der Waals surface area contributed by atoms with Gasteiger partial charge in [0.25, 0.3) is 0 Å². The highest BCUT2D eigenvalue weighted by molar-refractivity contribution is 5.84. The van der Waals surface area contributed by atoms with Crippen molar-refractivity contribution in [2.24, 2.45) is 11.7 Å². The molecule has 1 amide bonds. The van der Waals surface area contributed by atoms with E-state index in [1.807, 2.05) is 6.92 Å². The summed E-state index contributed by atoms with van der Waals surface area (Å²) in [7, 11) is 0. The minimum absolute atomic E-state index is 0.257. The molecule has 0 aromatic heterocycles. The lowest BCUT2D eigenvalue weighted by Gasteiger charge is -2.35. The van der Waals surface area contributed by atoms with E-state index in [0.717, 1.165) is 12.8 Å². The van der Waals surface area contributed by atoms with Crippen LogP contribution in [0.5, 0.6) is 0 Å². The summed E-state index contributed by atoms with van der Waals surface area (Å²) in [4.78, 5) is 11.4. The number of carbonyl (C=O) groups is 1. The molecule has 3 atom stereocenters. The van der Waals surface area contributed by atoms with E-state index in [4.69, 9.17) is 5.73 Å². The van der Waals surface area contributed by atoms with E-state index in [9.17, 15) is 4.79 Å². The van der Waals surface area contributed by atoms with Crippen LogP contribution in [-0.4, -0.2) is 17.5 Å². The van der Waals surface area contributed by atoms with E-state index >= 15 is 0 Å². The Balaban J connectivity index is 4.63. The van der Waals surface area contributed by atoms with E-state index in [-0.39, 0.29) is 11.8 Å². The highest BCUT2D eigenvalue weighted by Crippen LogP contribution is 2.20. The van der Waals surface area contributed by atoms with Gasteiger partial charge < -0.3 is 11.1 Å². The Morgan fingerprint density at radius 1 is 1.36 bits per heavy atom. The summed E-state index contributed by atoms with van der Waals surface area (Å²) in [5.41, 5.74) is 4.87. The zero-order valence-corrected chi connectivity index (χ0v) is 10.1. The molecule has 3 N–H and O–H groups in total. The van der Waals surface area contributed by atoms with Gasteiger partial charge in [-0.15, -0.1) is 0 Å². The van der Waals surface area contributed by atoms with Crippen LogP contribution in [0.3, 0.4) is 0 Å². The standard InChI is InChI=1S/C11H24N2O/c1-6-8(3)11(5,10(12)14)13-9(4)7-2/h8-9,13H,6-7H2,1-5H3,(H2,12,14). The number of nitrogens with one attached hydrogen (secondary N) is 1. The number of carbonyl (C=O) groups excluding carboxylic acids is 1. The third-order valence-electron chi connectivity index (χ3n) is 3.27. The van der Waals surface area contributed by atoms with Gasteiger partial charge in [0.15, 0.2) is 0 Å². The van der Waals surface area contributed by atoms with E-state index in [0.29, 0.717) is 6.04 Å². The van der Waals surface area contributed by atoms with Crippen molar-refractivity contribution >= 4 is 5.91 Å². The van der Waals surface area contributed by atoms with Crippen LogP contribution in [0.15, 0.2) is 0 Å². The average molecular weight is 200 g/mol. The van der Waals surface area contributed by atoms with Crippen LogP contribution in [0.2, 0.25) is 0 Å². The molecule has 0 aliphatic rings. The molecule has 0 heterocycles.